The monoisotopic (exact) mass is 295 g/mol. The molecule has 1 aliphatic heterocycles. The molecule has 0 saturated carbocycles. The van der Waals surface area contributed by atoms with E-state index in [1.165, 1.54) is 7.11 Å². The molecule has 21 heavy (non-hydrogen) atoms. The molecule has 4 N–H and O–H groups in total. The smallest absolute Gasteiger partial charge is 0.246 e. The van der Waals surface area contributed by atoms with Gasteiger partial charge < -0.3 is 30.0 Å². The molecule has 2 aromatic heterocycles. The Morgan fingerprint density at radius 3 is 2.90 bits per heavy atom. The summed E-state index contributed by atoms with van der Waals surface area (Å²) >= 11 is 0. The van der Waals surface area contributed by atoms with Crippen LogP contribution in [0.5, 0.6) is 5.88 Å². The molecule has 1 saturated heterocycles. The number of aliphatic hydroxyl groups is 2. The molecule has 0 amide bonds. The van der Waals surface area contributed by atoms with Crippen LogP contribution in [-0.4, -0.2) is 62.8 Å². The minimum atomic E-state index is -0.404. The molecule has 1 aliphatic rings. The van der Waals surface area contributed by atoms with Crippen LogP contribution in [0, 0.1) is 5.92 Å². The molecule has 1 fully saturated rings. The molecule has 0 aromatic carbocycles. The number of rotatable bonds is 4. The van der Waals surface area contributed by atoms with E-state index in [2.05, 4.69) is 15.0 Å². The highest BCUT2D eigenvalue weighted by molar-refractivity contribution is 5.77. The molecule has 0 aliphatic carbocycles. The van der Waals surface area contributed by atoms with E-state index in [1.807, 2.05) is 0 Å². The average molecular weight is 295 g/mol. The number of anilines is 1. The van der Waals surface area contributed by atoms with E-state index in [9.17, 15) is 10.2 Å². The fraction of sp³-hybridized carbons (Fsp3) is 0.583. The van der Waals surface area contributed by atoms with Gasteiger partial charge in [0.25, 0.3) is 0 Å². The quantitative estimate of drug-likeness (QED) is 0.652. The molecule has 3 atom stereocenters. The minimum absolute atomic E-state index is 0.0827. The Balaban J connectivity index is 2.07. The van der Waals surface area contributed by atoms with Gasteiger partial charge >= 0.3 is 0 Å². The van der Waals surface area contributed by atoms with Gasteiger partial charge in [0.2, 0.25) is 11.8 Å². The molecular weight excluding hydrogens is 278 g/mol. The maximum absolute atomic E-state index is 9.56. The predicted octanol–water partition coefficient (Wildman–Crippen LogP) is -1.04. The van der Waals surface area contributed by atoms with Crippen LogP contribution in [0.15, 0.2) is 6.33 Å². The lowest BCUT2D eigenvalue weighted by Gasteiger charge is -2.20. The number of nitrogens with zero attached hydrogens (tertiary/aromatic N) is 4. The second-order valence-electron chi connectivity index (χ2n) is 4.88. The highest BCUT2D eigenvalue weighted by Gasteiger charge is 2.38. The van der Waals surface area contributed by atoms with Gasteiger partial charge in [0, 0.05) is 5.92 Å². The van der Waals surface area contributed by atoms with Crippen molar-refractivity contribution < 1.29 is 19.7 Å². The number of aliphatic hydroxyl groups excluding tert-OH is 2. The number of methoxy groups -OCH3 is 1. The van der Waals surface area contributed by atoms with Gasteiger partial charge in [-0.25, -0.2) is 4.98 Å². The number of aromatic nitrogens is 4. The Morgan fingerprint density at radius 2 is 2.24 bits per heavy atom. The molecule has 0 unspecified atom stereocenters. The standard InChI is InChI=1S/C12H17N5O4/c1-20-11-9-10(15-12(13)16-11)17(5-14-9)7-4-21-8(3-19)6(7)2-18/h5-8,18-19H,2-4H2,1H3,(H2,13,15,16)/t6-,7+,8+/m1/s1. The van der Waals surface area contributed by atoms with Crippen LogP contribution >= 0.6 is 0 Å². The Morgan fingerprint density at radius 1 is 1.43 bits per heavy atom. The molecule has 9 nitrogen and oxygen atoms in total. The number of hydrogen-bond acceptors (Lipinski definition) is 8. The fourth-order valence-corrected chi connectivity index (χ4v) is 2.72. The summed E-state index contributed by atoms with van der Waals surface area (Å²) in [5.41, 5.74) is 6.70. The van der Waals surface area contributed by atoms with E-state index < -0.39 is 6.10 Å². The Kier molecular flexibility index (Phi) is 3.62. The molecule has 0 bridgehead atoms. The molecule has 9 heteroatoms. The van der Waals surface area contributed by atoms with Crippen molar-refractivity contribution in [3.63, 3.8) is 0 Å². The SMILES string of the molecule is COc1nc(N)nc2c1ncn2[C@H]1CO[C@@H](CO)[C@@H]1CO. The number of ether oxygens (including phenoxy) is 2. The van der Waals surface area contributed by atoms with Crippen LogP contribution in [0.2, 0.25) is 0 Å². The Bertz CT molecular complexity index is 646. The van der Waals surface area contributed by atoms with Crippen molar-refractivity contribution >= 4 is 17.1 Å². The lowest BCUT2D eigenvalue weighted by Crippen LogP contribution is -2.28. The third kappa shape index (κ3) is 2.19. The van der Waals surface area contributed by atoms with E-state index in [0.717, 1.165) is 0 Å². The predicted molar refractivity (Wildman–Crippen MR) is 72.7 cm³/mol. The summed E-state index contributed by atoms with van der Waals surface area (Å²) in [6, 6.07) is -0.184. The summed E-state index contributed by atoms with van der Waals surface area (Å²) in [4.78, 5) is 12.4. The number of hydrogen-bond donors (Lipinski definition) is 3. The van der Waals surface area contributed by atoms with Crippen molar-refractivity contribution in [2.45, 2.75) is 12.1 Å². The van der Waals surface area contributed by atoms with Crippen molar-refractivity contribution in [1.82, 2.24) is 19.5 Å². The second kappa shape index (κ2) is 5.43. The zero-order valence-corrected chi connectivity index (χ0v) is 11.5. The van der Waals surface area contributed by atoms with Crippen molar-refractivity contribution in [3.05, 3.63) is 6.33 Å². The first-order valence-corrected chi connectivity index (χ1v) is 6.57. The van der Waals surface area contributed by atoms with Crippen LogP contribution in [0.4, 0.5) is 5.95 Å². The highest BCUT2D eigenvalue weighted by Crippen LogP contribution is 2.34. The van der Waals surface area contributed by atoms with Crippen molar-refractivity contribution in [2.24, 2.45) is 5.92 Å². The summed E-state index contributed by atoms with van der Waals surface area (Å²) in [5, 5.41) is 18.9. The molecule has 3 heterocycles. The molecule has 0 spiro atoms. The third-order valence-corrected chi connectivity index (χ3v) is 3.80. The van der Waals surface area contributed by atoms with Gasteiger partial charge in [-0.2, -0.15) is 9.97 Å². The fourth-order valence-electron chi connectivity index (χ4n) is 2.72. The summed E-state index contributed by atoms with van der Waals surface area (Å²) < 4.78 is 12.4. The maximum Gasteiger partial charge on any atom is 0.246 e. The molecule has 2 aromatic rings. The van der Waals surface area contributed by atoms with Gasteiger partial charge in [-0.05, 0) is 0 Å². The van der Waals surface area contributed by atoms with Crippen molar-refractivity contribution in [1.29, 1.82) is 0 Å². The average Bonchev–Trinajstić information content (AvgIpc) is 3.08. The third-order valence-electron chi connectivity index (χ3n) is 3.80. The van der Waals surface area contributed by atoms with Crippen molar-refractivity contribution in [3.8, 4) is 5.88 Å². The highest BCUT2D eigenvalue weighted by atomic mass is 16.5. The largest absolute Gasteiger partial charge is 0.479 e. The van der Waals surface area contributed by atoms with E-state index >= 15 is 0 Å². The van der Waals surface area contributed by atoms with E-state index in [1.54, 1.807) is 10.9 Å². The van der Waals surface area contributed by atoms with E-state index in [4.69, 9.17) is 15.2 Å². The van der Waals surface area contributed by atoms with Gasteiger partial charge in [0.05, 0.1) is 45.4 Å². The van der Waals surface area contributed by atoms with Crippen LogP contribution in [-0.2, 0) is 4.74 Å². The Labute approximate surface area is 120 Å². The summed E-state index contributed by atoms with van der Waals surface area (Å²) in [7, 11) is 1.48. The minimum Gasteiger partial charge on any atom is -0.479 e. The van der Waals surface area contributed by atoms with Crippen LogP contribution in [0.1, 0.15) is 6.04 Å². The second-order valence-corrected chi connectivity index (χ2v) is 4.88. The number of fused-ring (bicyclic) bond motifs is 1. The zero-order valence-electron chi connectivity index (χ0n) is 11.5. The zero-order chi connectivity index (χ0) is 15.0. The molecule has 3 rings (SSSR count). The van der Waals surface area contributed by atoms with Gasteiger partial charge in [-0.3, -0.25) is 0 Å². The molecule has 0 radical (unpaired) electrons. The van der Waals surface area contributed by atoms with Gasteiger partial charge in [0.15, 0.2) is 11.2 Å². The first-order valence-electron chi connectivity index (χ1n) is 6.57. The van der Waals surface area contributed by atoms with E-state index in [-0.39, 0.29) is 31.1 Å². The molecule has 114 valence electrons. The lowest BCUT2D eigenvalue weighted by molar-refractivity contribution is 0.0268. The normalized spacial score (nSPS) is 25.6. The first kappa shape index (κ1) is 14.0. The maximum atomic E-state index is 9.56. The Hall–Kier alpha value is -1.97. The molecular formula is C12H17N5O4. The summed E-state index contributed by atoms with van der Waals surface area (Å²) in [5.74, 6) is 0.142. The van der Waals surface area contributed by atoms with E-state index in [0.29, 0.717) is 23.7 Å². The summed E-state index contributed by atoms with van der Waals surface area (Å²) in [6.45, 7) is 0.107. The number of nitrogens with two attached hydrogens (primary N) is 1. The van der Waals surface area contributed by atoms with Gasteiger partial charge in [-0.1, -0.05) is 0 Å². The topological polar surface area (TPSA) is 129 Å². The van der Waals surface area contributed by atoms with Crippen LogP contribution < -0.4 is 10.5 Å². The first-order chi connectivity index (χ1) is 10.2. The summed E-state index contributed by atoms with van der Waals surface area (Å²) in [6.07, 6.45) is 1.19. The van der Waals surface area contributed by atoms with Crippen molar-refractivity contribution in [2.75, 3.05) is 32.7 Å². The van der Waals surface area contributed by atoms with Gasteiger partial charge in [0.1, 0.15) is 0 Å². The lowest BCUT2D eigenvalue weighted by atomic mass is 9.98. The van der Waals surface area contributed by atoms with Crippen LogP contribution in [0.25, 0.3) is 11.2 Å². The number of nitrogen functional groups attached to an aromatic ring is 1. The number of imidazole rings is 1. The van der Waals surface area contributed by atoms with Crippen LogP contribution in [0.3, 0.4) is 0 Å². The van der Waals surface area contributed by atoms with Gasteiger partial charge in [-0.15, -0.1) is 0 Å².